The Morgan fingerprint density at radius 1 is 1.04 bits per heavy atom. The molecule has 0 radical (unpaired) electrons. The molecule has 4 aromatic heterocycles. The molecule has 0 aliphatic carbocycles. The molecule has 0 spiro atoms. The highest BCUT2D eigenvalue weighted by Crippen LogP contribution is 2.37. The maximum absolute atomic E-state index is 14.1. The first-order valence-electron chi connectivity index (χ1n) is 15.1. The smallest absolute Gasteiger partial charge is 0.282 e. The van der Waals surface area contributed by atoms with Crippen molar-refractivity contribution < 1.29 is 14.7 Å². The van der Waals surface area contributed by atoms with Gasteiger partial charge in [0.25, 0.3) is 11.5 Å². The molecular weight excluding hydrogens is 609 g/mol. The zero-order chi connectivity index (χ0) is 31.1. The third-order valence-electron chi connectivity index (χ3n) is 9.26. The van der Waals surface area contributed by atoms with E-state index in [9.17, 15) is 19.5 Å². The van der Waals surface area contributed by atoms with Crippen LogP contribution in [0, 0.1) is 5.92 Å². The van der Waals surface area contributed by atoms with Crippen LogP contribution in [0.15, 0.2) is 76.7 Å². The van der Waals surface area contributed by atoms with Crippen molar-refractivity contribution in [2.24, 2.45) is 13.0 Å². The predicted octanol–water partition coefficient (Wildman–Crippen LogP) is 4.22. The summed E-state index contributed by atoms with van der Waals surface area (Å²) in [6, 6.07) is 13.7. The summed E-state index contributed by atoms with van der Waals surface area (Å²) in [6.45, 7) is 1.83. The Kier molecular flexibility index (Phi) is 7.88. The molecule has 7 rings (SSSR count). The van der Waals surface area contributed by atoms with Crippen LogP contribution in [0.5, 0.6) is 0 Å². The van der Waals surface area contributed by atoms with Gasteiger partial charge in [0.2, 0.25) is 5.91 Å². The molecule has 12 heteroatoms. The fourth-order valence-corrected chi connectivity index (χ4v) is 8.27. The van der Waals surface area contributed by atoms with Crippen molar-refractivity contribution in [2.75, 3.05) is 26.2 Å². The fraction of sp³-hybridized carbons (Fsp3) is 0.364. The van der Waals surface area contributed by atoms with Crippen molar-refractivity contribution in [3.63, 3.8) is 0 Å². The minimum absolute atomic E-state index is 0.0523. The van der Waals surface area contributed by atoms with E-state index in [4.69, 9.17) is 0 Å². The van der Waals surface area contributed by atoms with Crippen molar-refractivity contribution in [2.45, 2.75) is 37.3 Å². The highest BCUT2D eigenvalue weighted by Gasteiger charge is 2.42. The van der Waals surface area contributed by atoms with Crippen molar-refractivity contribution in [1.29, 1.82) is 0 Å². The SMILES string of the molecule is Cn1ccc2c(=O)n(CC3(O)CCN(C(=O)[C@@H]4CCN(C(=O)c5ncc(-c6ccsc6)s5)C[C@H]4c4ccccc4)CC3)cnc21. The summed E-state index contributed by atoms with van der Waals surface area (Å²) in [5.74, 6) is -0.491. The van der Waals surface area contributed by atoms with E-state index in [1.807, 2.05) is 64.0 Å². The van der Waals surface area contributed by atoms with Gasteiger partial charge in [0.05, 0.1) is 22.4 Å². The van der Waals surface area contributed by atoms with E-state index in [1.165, 1.54) is 22.2 Å². The number of aryl methyl sites for hydroxylation is 1. The van der Waals surface area contributed by atoms with Crippen LogP contribution in [-0.2, 0) is 18.4 Å². The molecule has 2 saturated heterocycles. The number of amides is 2. The number of hydrogen-bond acceptors (Lipinski definition) is 8. The molecule has 2 atom stereocenters. The number of carbonyl (C=O) groups is 2. The molecule has 0 unspecified atom stereocenters. The highest BCUT2D eigenvalue weighted by molar-refractivity contribution is 7.17. The summed E-state index contributed by atoms with van der Waals surface area (Å²) in [5.41, 5.74) is 1.41. The molecule has 0 saturated carbocycles. The molecule has 45 heavy (non-hydrogen) atoms. The van der Waals surface area contributed by atoms with Crippen LogP contribution >= 0.6 is 22.7 Å². The van der Waals surface area contributed by atoms with E-state index in [1.54, 1.807) is 34.4 Å². The fourth-order valence-electron chi connectivity index (χ4n) is 6.66. The predicted molar refractivity (Wildman–Crippen MR) is 174 cm³/mol. The lowest BCUT2D eigenvalue weighted by molar-refractivity contribution is -0.142. The van der Waals surface area contributed by atoms with E-state index >= 15 is 0 Å². The van der Waals surface area contributed by atoms with Crippen molar-refractivity contribution in [1.82, 2.24) is 28.9 Å². The normalized spacial score (nSPS) is 20.0. The van der Waals surface area contributed by atoms with Gasteiger partial charge in [-0.25, -0.2) is 9.97 Å². The lowest BCUT2D eigenvalue weighted by Gasteiger charge is -2.43. The van der Waals surface area contributed by atoms with Crippen LogP contribution in [0.4, 0.5) is 0 Å². The molecule has 1 N–H and O–H groups in total. The number of hydrogen-bond donors (Lipinski definition) is 1. The summed E-state index contributed by atoms with van der Waals surface area (Å²) in [7, 11) is 1.84. The first-order chi connectivity index (χ1) is 21.8. The largest absolute Gasteiger partial charge is 0.388 e. The van der Waals surface area contributed by atoms with Crippen LogP contribution in [0.3, 0.4) is 0 Å². The van der Waals surface area contributed by atoms with Gasteiger partial charge in [-0.1, -0.05) is 30.3 Å². The Balaban J connectivity index is 1.04. The lowest BCUT2D eigenvalue weighted by atomic mass is 9.79. The first kappa shape index (κ1) is 29.6. The molecule has 1 aromatic carbocycles. The van der Waals surface area contributed by atoms with Crippen molar-refractivity contribution in [3.8, 4) is 10.4 Å². The molecule has 0 bridgehead atoms. The number of thiophene rings is 1. The number of aliphatic hydroxyl groups is 1. The Hall–Kier alpha value is -4.13. The van der Waals surface area contributed by atoms with E-state index in [-0.39, 0.29) is 35.8 Å². The van der Waals surface area contributed by atoms with Gasteiger partial charge in [-0.15, -0.1) is 11.3 Å². The van der Waals surface area contributed by atoms with E-state index in [0.29, 0.717) is 61.5 Å². The second-order valence-electron chi connectivity index (χ2n) is 12.1. The van der Waals surface area contributed by atoms with E-state index in [2.05, 4.69) is 9.97 Å². The number of nitrogens with zero attached hydrogens (tertiary/aromatic N) is 6. The number of fused-ring (bicyclic) bond motifs is 1. The molecule has 232 valence electrons. The molecule has 2 fully saturated rings. The molecule has 10 nitrogen and oxygen atoms in total. The third-order valence-corrected chi connectivity index (χ3v) is 11.0. The Labute approximate surface area is 268 Å². The maximum Gasteiger partial charge on any atom is 0.282 e. The molecule has 2 aliphatic heterocycles. The second-order valence-corrected chi connectivity index (χ2v) is 13.9. The highest BCUT2D eigenvalue weighted by atomic mass is 32.1. The minimum Gasteiger partial charge on any atom is -0.388 e. The van der Waals surface area contributed by atoms with Gasteiger partial charge in [0.1, 0.15) is 12.0 Å². The van der Waals surface area contributed by atoms with Gasteiger partial charge in [0.15, 0.2) is 5.01 Å². The Morgan fingerprint density at radius 3 is 2.60 bits per heavy atom. The average molecular weight is 643 g/mol. The number of piperidine rings is 2. The van der Waals surface area contributed by atoms with Crippen LogP contribution in [0.2, 0.25) is 0 Å². The number of likely N-dealkylation sites (tertiary alicyclic amines) is 2. The average Bonchev–Trinajstić information content (AvgIpc) is 3.84. The van der Waals surface area contributed by atoms with Gasteiger partial charge in [-0.2, -0.15) is 11.3 Å². The molecule has 5 aromatic rings. The summed E-state index contributed by atoms with van der Waals surface area (Å²) >= 11 is 3.01. The quantitative estimate of drug-likeness (QED) is 0.297. The number of thiazole rings is 1. The number of aromatic nitrogens is 4. The summed E-state index contributed by atoms with van der Waals surface area (Å²) in [5, 5.41) is 16.5. The van der Waals surface area contributed by atoms with Crippen LogP contribution in [0.1, 0.15) is 40.5 Å². The van der Waals surface area contributed by atoms with Gasteiger partial charge in [0, 0.05) is 63.0 Å². The first-order valence-corrected chi connectivity index (χ1v) is 16.9. The molecular formula is C33H34N6O4S2. The standard InChI is InChI=1S/C33H34N6O4S2/c1-36-12-7-25-28(36)35-21-39(31(25)41)20-33(43)10-14-37(15-11-33)30(40)24-8-13-38(18-26(24)22-5-3-2-4-6-22)32(42)29-34-17-27(45-29)23-9-16-44-19-23/h2-7,9,12,16-17,19,21,24,26,43H,8,10-11,13-15,18,20H2,1H3/t24-,26+/m1/s1. The van der Waals surface area contributed by atoms with Crippen LogP contribution in [0.25, 0.3) is 21.5 Å². The number of carbonyl (C=O) groups excluding carboxylic acids is 2. The third kappa shape index (κ3) is 5.73. The molecule has 2 amide bonds. The topological polar surface area (TPSA) is 114 Å². The van der Waals surface area contributed by atoms with Gasteiger partial charge >= 0.3 is 0 Å². The summed E-state index contributed by atoms with van der Waals surface area (Å²) < 4.78 is 3.27. The van der Waals surface area contributed by atoms with Crippen LogP contribution < -0.4 is 5.56 Å². The van der Waals surface area contributed by atoms with Crippen molar-refractivity contribution in [3.05, 3.63) is 92.9 Å². The second kappa shape index (κ2) is 12.0. The molecule has 2 aliphatic rings. The van der Waals surface area contributed by atoms with Gasteiger partial charge in [-0.05, 0) is 47.7 Å². The Bertz CT molecular complexity index is 1890. The molecule has 6 heterocycles. The number of rotatable bonds is 6. The zero-order valence-corrected chi connectivity index (χ0v) is 26.5. The van der Waals surface area contributed by atoms with E-state index < -0.39 is 5.60 Å². The van der Waals surface area contributed by atoms with Gasteiger partial charge in [-0.3, -0.25) is 19.0 Å². The van der Waals surface area contributed by atoms with Crippen LogP contribution in [-0.4, -0.2) is 77.6 Å². The van der Waals surface area contributed by atoms with Gasteiger partial charge < -0.3 is 19.5 Å². The summed E-state index contributed by atoms with van der Waals surface area (Å²) in [6.07, 6.45) is 6.33. The number of benzene rings is 1. The minimum atomic E-state index is -1.12. The Morgan fingerprint density at radius 2 is 1.84 bits per heavy atom. The van der Waals surface area contributed by atoms with E-state index in [0.717, 1.165) is 16.0 Å². The lowest BCUT2D eigenvalue weighted by Crippen LogP contribution is -2.53. The maximum atomic E-state index is 14.1. The monoisotopic (exact) mass is 642 g/mol. The summed E-state index contributed by atoms with van der Waals surface area (Å²) in [4.78, 5) is 54.2. The van der Waals surface area contributed by atoms with Crippen molar-refractivity contribution >= 4 is 45.5 Å². The zero-order valence-electron chi connectivity index (χ0n) is 24.9.